The van der Waals surface area contributed by atoms with E-state index < -0.39 is 17.9 Å². The van der Waals surface area contributed by atoms with Crippen molar-refractivity contribution in [3.8, 4) is 11.4 Å². The van der Waals surface area contributed by atoms with Gasteiger partial charge in [0.25, 0.3) is 0 Å². The zero-order chi connectivity index (χ0) is 14.0. The zero-order valence-corrected chi connectivity index (χ0v) is 9.57. The van der Waals surface area contributed by atoms with E-state index in [2.05, 4.69) is 19.6 Å². The summed E-state index contributed by atoms with van der Waals surface area (Å²) in [5.74, 6) is -2.44. The largest absolute Gasteiger partial charge is 0.471 e. The maximum Gasteiger partial charge on any atom is 0.471 e. The molecule has 0 saturated carbocycles. The van der Waals surface area contributed by atoms with E-state index in [-0.39, 0.29) is 17.0 Å². The molecule has 0 aliphatic heterocycles. The third-order valence-electron chi connectivity index (χ3n) is 2.20. The molecule has 2 aromatic rings. The van der Waals surface area contributed by atoms with E-state index in [0.29, 0.717) is 0 Å². The molecule has 2 rings (SSSR count). The molecule has 0 atom stereocenters. The Morgan fingerprint density at radius 1 is 1.32 bits per heavy atom. The van der Waals surface area contributed by atoms with Crippen LogP contribution in [0.3, 0.4) is 0 Å². The van der Waals surface area contributed by atoms with Gasteiger partial charge in [0.1, 0.15) is 5.82 Å². The zero-order valence-electron chi connectivity index (χ0n) is 9.57. The van der Waals surface area contributed by atoms with E-state index in [9.17, 15) is 17.6 Å². The monoisotopic (exact) mass is 271 g/mol. The van der Waals surface area contributed by atoms with Crippen molar-refractivity contribution in [2.24, 2.45) is 4.90 Å². The van der Waals surface area contributed by atoms with Crippen molar-refractivity contribution in [1.82, 2.24) is 10.1 Å². The van der Waals surface area contributed by atoms with Crippen LogP contribution < -0.4 is 0 Å². The fraction of sp³-hybridized carbons (Fsp3) is 0.100. The number of halogens is 4. The van der Waals surface area contributed by atoms with Crippen molar-refractivity contribution in [2.75, 3.05) is 0 Å². The van der Waals surface area contributed by atoms with Crippen LogP contribution in [-0.2, 0) is 6.18 Å². The standard InChI is InChI=1S/C10H6BF4N3O/c11-16-4-6-2-1-5(3-7(6)12)8-17-9(19-18-8)10(13,14)15/h1-4H,11H2/b16-4-. The van der Waals surface area contributed by atoms with Crippen LogP contribution in [0.4, 0.5) is 17.6 Å². The van der Waals surface area contributed by atoms with Crippen molar-refractivity contribution < 1.29 is 22.1 Å². The predicted molar refractivity (Wildman–Crippen MR) is 60.8 cm³/mol. The molecule has 0 aliphatic rings. The molecule has 1 aromatic heterocycles. The third kappa shape index (κ3) is 2.80. The maximum absolute atomic E-state index is 13.6. The lowest BCUT2D eigenvalue weighted by Gasteiger charge is -1.99. The summed E-state index contributed by atoms with van der Waals surface area (Å²) in [7, 11) is 1.47. The van der Waals surface area contributed by atoms with Gasteiger partial charge in [0.15, 0.2) is 0 Å². The van der Waals surface area contributed by atoms with E-state index in [1.54, 1.807) is 0 Å². The van der Waals surface area contributed by atoms with E-state index in [1.807, 2.05) is 0 Å². The van der Waals surface area contributed by atoms with Crippen LogP contribution in [-0.4, -0.2) is 24.3 Å². The summed E-state index contributed by atoms with van der Waals surface area (Å²) in [4.78, 5) is 6.81. The van der Waals surface area contributed by atoms with E-state index in [0.717, 1.165) is 6.07 Å². The highest BCUT2D eigenvalue weighted by Crippen LogP contribution is 2.29. The molecule has 0 aliphatic carbocycles. The summed E-state index contributed by atoms with van der Waals surface area (Å²) in [6.07, 6.45) is -3.44. The number of nitrogens with zero attached hydrogens (tertiary/aromatic N) is 3. The first kappa shape index (κ1) is 13.3. The summed E-state index contributed by atoms with van der Waals surface area (Å²) >= 11 is 0. The van der Waals surface area contributed by atoms with Crippen LogP contribution in [0.15, 0.2) is 27.6 Å². The highest BCUT2D eigenvalue weighted by Gasteiger charge is 2.38. The second kappa shape index (κ2) is 4.83. The van der Waals surface area contributed by atoms with Crippen LogP contribution in [0.1, 0.15) is 11.5 Å². The van der Waals surface area contributed by atoms with Gasteiger partial charge in [-0.3, -0.25) is 0 Å². The van der Waals surface area contributed by atoms with Gasteiger partial charge in [-0.1, -0.05) is 11.2 Å². The van der Waals surface area contributed by atoms with Crippen LogP contribution >= 0.6 is 0 Å². The molecule has 0 spiro atoms. The van der Waals surface area contributed by atoms with Gasteiger partial charge in [-0.2, -0.15) is 18.2 Å². The summed E-state index contributed by atoms with van der Waals surface area (Å²) < 4.78 is 54.4. The van der Waals surface area contributed by atoms with Gasteiger partial charge in [-0.15, -0.1) is 0 Å². The van der Waals surface area contributed by atoms with Crippen LogP contribution in [0.2, 0.25) is 0 Å². The predicted octanol–water partition coefficient (Wildman–Crippen LogP) is 1.86. The Kier molecular flexibility index (Phi) is 3.37. The van der Waals surface area contributed by atoms with Gasteiger partial charge in [0.05, 0.1) is 0 Å². The summed E-state index contributed by atoms with van der Waals surface area (Å²) in [6, 6.07) is 3.76. The minimum absolute atomic E-state index is 0.0880. The van der Waals surface area contributed by atoms with Crippen LogP contribution in [0.25, 0.3) is 11.4 Å². The van der Waals surface area contributed by atoms with Crippen molar-refractivity contribution in [3.63, 3.8) is 0 Å². The molecule has 98 valence electrons. The molecule has 0 amide bonds. The van der Waals surface area contributed by atoms with E-state index >= 15 is 0 Å². The molecule has 9 heteroatoms. The fourth-order valence-corrected chi connectivity index (χ4v) is 1.37. The Labute approximate surface area is 105 Å². The lowest BCUT2D eigenvalue weighted by Crippen LogP contribution is -2.04. The molecule has 1 aromatic carbocycles. The molecule has 0 fully saturated rings. The summed E-state index contributed by atoms with van der Waals surface area (Å²) in [6.45, 7) is 0. The minimum Gasteiger partial charge on any atom is -0.358 e. The van der Waals surface area contributed by atoms with Crippen molar-refractivity contribution in [2.45, 2.75) is 6.18 Å². The number of rotatable bonds is 2. The Morgan fingerprint density at radius 3 is 2.58 bits per heavy atom. The number of aromatic nitrogens is 2. The molecule has 0 radical (unpaired) electrons. The van der Waals surface area contributed by atoms with Gasteiger partial charge in [0.2, 0.25) is 13.8 Å². The Hall–Kier alpha value is -2.19. The Morgan fingerprint density at radius 2 is 2.05 bits per heavy atom. The smallest absolute Gasteiger partial charge is 0.358 e. The molecule has 4 nitrogen and oxygen atoms in total. The lowest BCUT2D eigenvalue weighted by atomic mass is 10.1. The fourth-order valence-electron chi connectivity index (χ4n) is 1.37. The quantitative estimate of drug-likeness (QED) is 0.476. The van der Waals surface area contributed by atoms with Crippen LogP contribution in [0, 0.1) is 5.82 Å². The first-order valence-corrected chi connectivity index (χ1v) is 5.05. The van der Waals surface area contributed by atoms with Gasteiger partial charge in [0, 0.05) is 17.3 Å². The molecular weight excluding hydrogens is 265 g/mol. The van der Waals surface area contributed by atoms with Gasteiger partial charge in [-0.05, 0) is 12.1 Å². The second-order valence-corrected chi connectivity index (χ2v) is 3.54. The molecule has 19 heavy (non-hydrogen) atoms. The molecule has 0 N–H and O–H groups in total. The number of hydrogen-bond donors (Lipinski definition) is 0. The summed E-state index contributed by atoms with van der Waals surface area (Å²) in [5, 5.41) is 3.16. The van der Waals surface area contributed by atoms with E-state index in [1.165, 1.54) is 26.3 Å². The topological polar surface area (TPSA) is 51.3 Å². The van der Waals surface area contributed by atoms with Crippen molar-refractivity contribution in [1.29, 1.82) is 0 Å². The average Bonchev–Trinajstić information content (AvgIpc) is 2.81. The minimum atomic E-state index is -4.72. The highest BCUT2D eigenvalue weighted by molar-refractivity contribution is 6.11. The molecule has 1 heterocycles. The van der Waals surface area contributed by atoms with Crippen molar-refractivity contribution in [3.05, 3.63) is 35.5 Å². The average molecular weight is 271 g/mol. The Bertz CT molecular complexity index is 623. The number of benzene rings is 1. The number of alkyl halides is 3. The third-order valence-corrected chi connectivity index (χ3v) is 2.20. The molecule has 0 unspecified atom stereocenters. The van der Waals surface area contributed by atoms with Gasteiger partial charge >= 0.3 is 12.1 Å². The highest BCUT2D eigenvalue weighted by atomic mass is 19.4. The van der Waals surface area contributed by atoms with Gasteiger partial charge < -0.3 is 9.43 Å². The van der Waals surface area contributed by atoms with Crippen molar-refractivity contribution >= 4 is 14.2 Å². The van der Waals surface area contributed by atoms with E-state index in [4.69, 9.17) is 0 Å². The first-order valence-electron chi connectivity index (χ1n) is 5.05. The second-order valence-electron chi connectivity index (χ2n) is 3.54. The first-order chi connectivity index (χ1) is 8.91. The maximum atomic E-state index is 13.6. The SMILES string of the molecule is B/N=C\c1ccc(-c2noc(C(F)(F)F)n2)cc1F. The lowest BCUT2D eigenvalue weighted by molar-refractivity contribution is -0.159. The van der Waals surface area contributed by atoms with Crippen LogP contribution in [0.5, 0.6) is 0 Å². The normalized spacial score (nSPS) is 12.2. The molecular formula is C10H6BF4N3O. The Balaban J connectivity index is 2.37. The van der Waals surface area contributed by atoms with Gasteiger partial charge in [-0.25, -0.2) is 4.39 Å². The molecule has 0 bridgehead atoms. The molecule has 0 saturated heterocycles. The number of hydrogen-bond acceptors (Lipinski definition) is 4. The summed E-state index contributed by atoms with van der Waals surface area (Å²) in [5.41, 5.74) is 0.302.